The van der Waals surface area contributed by atoms with Gasteiger partial charge in [-0.05, 0) is 27.7 Å². The second-order valence-electron chi connectivity index (χ2n) is 5.85. The molecule has 20 heavy (non-hydrogen) atoms. The van der Waals surface area contributed by atoms with E-state index in [0.29, 0.717) is 17.0 Å². The lowest BCUT2D eigenvalue weighted by Crippen LogP contribution is -2.41. The Morgan fingerprint density at radius 3 is 1.70 bits per heavy atom. The number of ether oxygens (including phenoxy) is 2. The van der Waals surface area contributed by atoms with Crippen LogP contribution in [0.5, 0.6) is 17.2 Å². The van der Waals surface area contributed by atoms with Crippen molar-refractivity contribution in [2.75, 3.05) is 14.2 Å². The summed E-state index contributed by atoms with van der Waals surface area (Å²) in [5.41, 5.74) is -0.261. The fourth-order valence-corrected chi connectivity index (χ4v) is 2.12. The highest BCUT2D eigenvalue weighted by Gasteiger charge is 2.53. The molecule has 2 rings (SSSR count). The molecular formula is C14H21BO5. The van der Waals surface area contributed by atoms with E-state index in [1.807, 2.05) is 27.7 Å². The molecule has 0 unspecified atom stereocenters. The highest BCUT2D eigenvalue weighted by Crippen LogP contribution is 2.38. The molecule has 0 aliphatic carbocycles. The third-order valence-electron chi connectivity index (χ3n) is 4.02. The van der Waals surface area contributed by atoms with Crippen LogP contribution in [0.4, 0.5) is 0 Å². The van der Waals surface area contributed by atoms with Gasteiger partial charge < -0.3 is 23.9 Å². The molecule has 0 aromatic heterocycles. The van der Waals surface area contributed by atoms with Crippen molar-refractivity contribution >= 4 is 12.6 Å². The summed E-state index contributed by atoms with van der Waals surface area (Å²) in [5, 5.41) is 9.69. The zero-order chi connectivity index (χ0) is 15.1. The highest BCUT2D eigenvalue weighted by molar-refractivity contribution is 6.64. The van der Waals surface area contributed by atoms with Crippen molar-refractivity contribution in [2.45, 2.75) is 38.9 Å². The quantitative estimate of drug-likeness (QED) is 0.854. The minimum atomic E-state index is -0.606. The van der Waals surface area contributed by atoms with E-state index in [-0.39, 0.29) is 5.75 Å². The Morgan fingerprint density at radius 2 is 1.35 bits per heavy atom. The van der Waals surface area contributed by atoms with Crippen LogP contribution in [0.25, 0.3) is 0 Å². The molecule has 1 saturated heterocycles. The Kier molecular flexibility index (Phi) is 3.65. The van der Waals surface area contributed by atoms with Crippen LogP contribution in [0.3, 0.4) is 0 Å². The van der Waals surface area contributed by atoms with Gasteiger partial charge in [-0.3, -0.25) is 0 Å². The largest absolute Gasteiger partial charge is 0.508 e. The predicted octanol–water partition coefficient (Wildman–Crippen LogP) is 1.71. The first-order valence-corrected chi connectivity index (χ1v) is 6.52. The van der Waals surface area contributed by atoms with Gasteiger partial charge in [-0.25, -0.2) is 0 Å². The number of methoxy groups -OCH3 is 2. The van der Waals surface area contributed by atoms with Gasteiger partial charge in [0.2, 0.25) is 0 Å². The SMILES string of the molecule is COc1cc(O)cc(OC)c1B1OC(C)(C)C(C)(C)O1. The van der Waals surface area contributed by atoms with Crippen molar-refractivity contribution in [2.24, 2.45) is 0 Å². The van der Waals surface area contributed by atoms with Gasteiger partial charge in [-0.2, -0.15) is 0 Å². The lowest BCUT2D eigenvalue weighted by atomic mass is 9.77. The monoisotopic (exact) mass is 280 g/mol. The second-order valence-corrected chi connectivity index (χ2v) is 5.85. The van der Waals surface area contributed by atoms with Crippen LogP contribution < -0.4 is 14.9 Å². The van der Waals surface area contributed by atoms with E-state index in [9.17, 15) is 5.11 Å². The standard InChI is InChI=1S/C14H21BO5/c1-13(2)14(3,4)20-15(19-13)12-10(17-5)7-9(16)8-11(12)18-6/h7-8,16H,1-6H3. The molecule has 1 N–H and O–H groups in total. The van der Waals surface area contributed by atoms with Gasteiger partial charge in [0.15, 0.2) is 0 Å². The molecule has 1 aliphatic rings. The van der Waals surface area contributed by atoms with Crippen molar-refractivity contribution in [1.29, 1.82) is 0 Å². The fourth-order valence-electron chi connectivity index (χ4n) is 2.12. The molecule has 0 amide bonds. The summed E-state index contributed by atoms with van der Waals surface area (Å²) in [5.74, 6) is 1.01. The average molecular weight is 280 g/mol. The van der Waals surface area contributed by atoms with E-state index in [0.717, 1.165) is 0 Å². The number of hydrogen-bond donors (Lipinski definition) is 1. The van der Waals surface area contributed by atoms with Crippen molar-refractivity contribution in [1.82, 2.24) is 0 Å². The van der Waals surface area contributed by atoms with Crippen LogP contribution in [-0.2, 0) is 9.31 Å². The molecular weight excluding hydrogens is 259 g/mol. The third-order valence-corrected chi connectivity index (χ3v) is 4.02. The van der Waals surface area contributed by atoms with Crippen LogP contribution in [0, 0.1) is 0 Å². The molecule has 1 heterocycles. The highest BCUT2D eigenvalue weighted by atomic mass is 16.7. The predicted molar refractivity (Wildman–Crippen MR) is 76.9 cm³/mol. The summed E-state index contributed by atoms with van der Waals surface area (Å²) in [4.78, 5) is 0. The first kappa shape index (κ1) is 15.0. The topological polar surface area (TPSA) is 57.2 Å². The second kappa shape index (κ2) is 4.86. The number of phenols is 1. The third kappa shape index (κ3) is 2.34. The molecule has 1 aromatic rings. The number of benzene rings is 1. The van der Waals surface area contributed by atoms with Crippen molar-refractivity contribution in [3.05, 3.63) is 12.1 Å². The summed E-state index contributed by atoms with van der Waals surface area (Å²) in [6, 6.07) is 3.03. The minimum absolute atomic E-state index is 0.0685. The zero-order valence-corrected chi connectivity index (χ0v) is 12.8. The van der Waals surface area contributed by atoms with E-state index >= 15 is 0 Å². The number of hydrogen-bond acceptors (Lipinski definition) is 5. The van der Waals surface area contributed by atoms with Crippen molar-refractivity contribution in [3.63, 3.8) is 0 Å². The maximum atomic E-state index is 9.69. The summed E-state index contributed by atoms with van der Waals surface area (Å²) < 4.78 is 22.7. The summed E-state index contributed by atoms with van der Waals surface area (Å²) in [7, 11) is 2.46. The Morgan fingerprint density at radius 1 is 0.950 bits per heavy atom. The average Bonchev–Trinajstić information content (AvgIpc) is 2.56. The number of phenolic OH excluding ortho intramolecular Hbond substituents is 1. The van der Waals surface area contributed by atoms with Gasteiger partial charge in [0.1, 0.15) is 17.2 Å². The van der Waals surface area contributed by atoms with E-state index in [2.05, 4.69) is 0 Å². The van der Waals surface area contributed by atoms with E-state index in [4.69, 9.17) is 18.8 Å². The fraction of sp³-hybridized carbons (Fsp3) is 0.571. The van der Waals surface area contributed by atoms with Crippen LogP contribution >= 0.6 is 0 Å². The molecule has 0 spiro atoms. The Balaban J connectivity index is 2.49. The van der Waals surface area contributed by atoms with Crippen LogP contribution in [0.15, 0.2) is 12.1 Å². The molecule has 0 atom stereocenters. The maximum Gasteiger partial charge on any atom is 0.502 e. The van der Waals surface area contributed by atoms with Crippen LogP contribution in [0.2, 0.25) is 0 Å². The molecule has 0 radical (unpaired) electrons. The smallest absolute Gasteiger partial charge is 0.502 e. The lowest BCUT2D eigenvalue weighted by Gasteiger charge is -2.32. The number of aromatic hydroxyl groups is 1. The van der Waals surface area contributed by atoms with Gasteiger partial charge in [0, 0.05) is 12.1 Å². The Hall–Kier alpha value is -1.40. The number of rotatable bonds is 3. The van der Waals surface area contributed by atoms with E-state index in [1.165, 1.54) is 26.4 Å². The molecule has 6 heteroatoms. The molecule has 1 fully saturated rings. The van der Waals surface area contributed by atoms with Crippen LogP contribution in [-0.4, -0.2) is 37.6 Å². The molecule has 0 saturated carbocycles. The maximum absolute atomic E-state index is 9.69. The molecule has 0 bridgehead atoms. The molecule has 1 aliphatic heterocycles. The van der Waals surface area contributed by atoms with Crippen molar-refractivity contribution in [3.8, 4) is 17.2 Å². The van der Waals surface area contributed by atoms with Gasteiger partial charge >= 0.3 is 7.12 Å². The normalized spacial score (nSPS) is 20.0. The summed E-state index contributed by atoms with van der Waals surface area (Å²) in [6.07, 6.45) is 0. The van der Waals surface area contributed by atoms with E-state index < -0.39 is 18.3 Å². The molecule has 5 nitrogen and oxygen atoms in total. The summed E-state index contributed by atoms with van der Waals surface area (Å²) >= 11 is 0. The van der Waals surface area contributed by atoms with Gasteiger partial charge in [-0.1, -0.05) is 0 Å². The van der Waals surface area contributed by atoms with Gasteiger partial charge in [-0.15, -0.1) is 0 Å². The van der Waals surface area contributed by atoms with Crippen molar-refractivity contribution < 1.29 is 23.9 Å². The van der Waals surface area contributed by atoms with Gasteiger partial charge in [0.25, 0.3) is 0 Å². The first-order chi connectivity index (χ1) is 9.21. The zero-order valence-electron chi connectivity index (χ0n) is 12.8. The Bertz CT molecular complexity index is 471. The molecule has 110 valence electrons. The first-order valence-electron chi connectivity index (χ1n) is 6.52. The van der Waals surface area contributed by atoms with E-state index in [1.54, 1.807) is 0 Å². The lowest BCUT2D eigenvalue weighted by molar-refractivity contribution is 0.00578. The summed E-state index contributed by atoms with van der Waals surface area (Å²) in [6.45, 7) is 7.91. The Labute approximate surface area is 119 Å². The van der Waals surface area contributed by atoms with Gasteiger partial charge in [0.05, 0.1) is 30.9 Å². The van der Waals surface area contributed by atoms with Crippen LogP contribution in [0.1, 0.15) is 27.7 Å². The molecule has 1 aromatic carbocycles. The minimum Gasteiger partial charge on any atom is -0.508 e.